The van der Waals surface area contributed by atoms with Gasteiger partial charge in [-0.05, 0) is 63.6 Å². The van der Waals surface area contributed by atoms with Crippen molar-refractivity contribution in [1.29, 1.82) is 0 Å². The van der Waals surface area contributed by atoms with Crippen LogP contribution in [-0.4, -0.2) is 70.5 Å². The molecule has 31 heavy (non-hydrogen) atoms. The number of hydrogen-bond acceptors (Lipinski definition) is 4. The lowest BCUT2D eigenvalue weighted by molar-refractivity contribution is 0.0267. The second kappa shape index (κ2) is 10.3. The molecule has 1 saturated heterocycles. The van der Waals surface area contributed by atoms with Gasteiger partial charge in [0.1, 0.15) is 5.75 Å². The van der Waals surface area contributed by atoms with Crippen LogP contribution in [0.5, 0.6) is 5.75 Å². The molecule has 5 nitrogen and oxygen atoms in total. The van der Waals surface area contributed by atoms with Crippen LogP contribution in [0.1, 0.15) is 62.1 Å². The van der Waals surface area contributed by atoms with Crippen molar-refractivity contribution in [3.8, 4) is 5.75 Å². The molecule has 168 valence electrons. The summed E-state index contributed by atoms with van der Waals surface area (Å²) in [5.41, 5.74) is 2.77. The largest absolute Gasteiger partial charge is 0.508 e. The number of piperazine rings is 1. The molecule has 3 atom stereocenters. The number of phenols is 1. The van der Waals surface area contributed by atoms with Crippen LogP contribution in [0.15, 0.2) is 48.5 Å². The van der Waals surface area contributed by atoms with Crippen LogP contribution in [0.2, 0.25) is 0 Å². The maximum Gasteiger partial charge on any atom is 0.254 e. The van der Waals surface area contributed by atoms with Gasteiger partial charge in [-0.1, -0.05) is 37.3 Å². The number of rotatable bonds is 7. The summed E-state index contributed by atoms with van der Waals surface area (Å²) in [6.07, 6.45) is 0. The van der Waals surface area contributed by atoms with E-state index >= 15 is 0 Å². The molecular formula is C26H37N3O2. The predicted molar refractivity (Wildman–Crippen MR) is 127 cm³/mol. The van der Waals surface area contributed by atoms with E-state index in [4.69, 9.17) is 0 Å². The minimum absolute atomic E-state index is 0.0682. The van der Waals surface area contributed by atoms with Crippen LogP contribution in [0.4, 0.5) is 0 Å². The van der Waals surface area contributed by atoms with Gasteiger partial charge in [-0.25, -0.2) is 0 Å². The summed E-state index contributed by atoms with van der Waals surface area (Å²) in [6, 6.07) is 16.1. The highest BCUT2D eigenvalue weighted by Gasteiger charge is 2.36. The van der Waals surface area contributed by atoms with Gasteiger partial charge < -0.3 is 10.0 Å². The van der Waals surface area contributed by atoms with Crippen molar-refractivity contribution in [3.05, 3.63) is 65.2 Å². The molecule has 1 N–H and O–H groups in total. The van der Waals surface area contributed by atoms with Gasteiger partial charge in [0.15, 0.2) is 0 Å². The van der Waals surface area contributed by atoms with Crippen LogP contribution < -0.4 is 0 Å². The maximum atomic E-state index is 13.4. The van der Waals surface area contributed by atoms with E-state index in [9.17, 15) is 9.90 Å². The minimum Gasteiger partial charge on any atom is -0.508 e. The number of aromatic hydroxyl groups is 1. The number of carbonyl (C=O) groups is 1. The lowest BCUT2D eigenvalue weighted by Gasteiger charge is -2.47. The topological polar surface area (TPSA) is 47.0 Å². The summed E-state index contributed by atoms with van der Waals surface area (Å²) in [4.78, 5) is 20.3. The van der Waals surface area contributed by atoms with E-state index in [-0.39, 0.29) is 17.7 Å². The molecule has 1 aliphatic rings. The number of likely N-dealkylation sites (N-methyl/N-ethyl adjacent to an activating group) is 1. The van der Waals surface area contributed by atoms with Crippen molar-refractivity contribution >= 4 is 5.91 Å². The van der Waals surface area contributed by atoms with Crippen molar-refractivity contribution in [3.63, 3.8) is 0 Å². The third-order valence-electron chi connectivity index (χ3n) is 6.62. The zero-order valence-corrected chi connectivity index (χ0v) is 19.6. The van der Waals surface area contributed by atoms with Crippen molar-refractivity contribution < 1.29 is 9.90 Å². The summed E-state index contributed by atoms with van der Waals surface area (Å²) in [6.45, 7) is 15.1. The maximum absolute atomic E-state index is 13.4. The number of phenolic OH excluding ortho intramolecular Hbond substituents is 1. The normalized spacial score (nSPS) is 21.1. The van der Waals surface area contributed by atoms with Gasteiger partial charge in [0.25, 0.3) is 5.91 Å². The zero-order chi connectivity index (χ0) is 22.5. The van der Waals surface area contributed by atoms with Crippen molar-refractivity contribution in [2.24, 2.45) is 0 Å². The highest BCUT2D eigenvalue weighted by atomic mass is 16.3. The van der Waals surface area contributed by atoms with Gasteiger partial charge in [-0.2, -0.15) is 0 Å². The van der Waals surface area contributed by atoms with Crippen LogP contribution in [0.25, 0.3) is 0 Å². The minimum atomic E-state index is -0.0979. The van der Waals surface area contributed by atoms with Crippen LogP contribution in [-0.2, 0) is 0 Å². The van der Waals surface area contributed by atoms with Crippen LogP contribution in [0, 0.1) is 0 Å². The molecule has 0 saturated carbocycles. The number of hydrogen-bond donors (Lipinski definition) is 1. The van der Waals surface area contributed by atoms with E-state index in [1.54, 1.807) is 6.07 Å². The SMILES string of the molecule is CCN(CC)C(=O)c1ccccc1[C@@H](c1cccc(O)c1)N1C[C@@H](C)N(CC)C[C@@H]1C. The van der Waals surface area contributed by atoms with E-state index < -0.39 is 0 Å². The Morgan fingerprint density at radius 1 is 1.03 bits per heavy atom. The Balaban J connectivity index is 2.12. The van der Waals surface area contributed by atoms with Crippen molar-refractivity contribution in [1.82, 2.24) is 14.7 Å². The van der Waals surface area contributed by atoms with E-state index in [0.717, 1.165) is 36.3 Å². The molecular weight excluding hydrogens is 386 g/mol. The Morgan fingerprint density at radius 2 is 1.74 bits per heavy atom. The average Bonchev–Trinajstić information content (AvgIpc) is 2.77. The fraction of sp³-hybridized carbons (Fsp3) is 0.500. The molecule has 0 unspecified atom stereocenters. The Bertz CT molecular complexity index is 880. The second-order valence-electron chi connectivity index (χ2n) is 8.54. The Labute approximate surface area is 187 Å². The first-order valence-corrected chi connectivity index (χ1v) is 11.6. The van der Waals surface area contributed by atoms with Gasteiger partial charge in [-0.3, -0.25) is 14.6 Å². The first-order chi connectivity index (χ1) is 14.9. The van der Waals surface area contributed by atoms with E-state index in [1.165, 1.54) is 0 Å². The highest BCUT2D eigenvalue weighted by Crippen LogP contribution is 2.36. The Morgan fingerprint density at radius 3 is 2.39 bits per heavy atom. The fourth-order valence-electron chi connectivity index (χ4n) is 4.88. The lowest BCUT2D eigenvalue weighted by Crippen LogP contribution is -2.57. The molecule has 1 aliphatic heterocycles. The predicted octanol–water partition coefficient (Wildman–Crippen LogP) is 4.38. The van der Waals surface area contributed by atoms with Crippen molar-refractivity contribution in [2.75, 3.05) is 32.7 Å². The zero-order valence-electron chi connectivity index (χ0n) is 19.6. The lowest BCUT2D eigenvalue weighted by atomic mass is 9.90. The number of carbonyl (C=O) groups excluding carboxylic acids is 1. The second-order valence-corrected chi connectivity index (χ2v) is 8.54. The molecule has 5 heteroatoms. The smallest absolute Gasteiger partial charge is 0.254 e. The van der Waals surface area contributed by atoms with Crippen LogP contribution >= 0.6 is 0 Å². The van der Waals surface area contributed by atoms with Crippen LogP contribution in [0.3, 0.4) is 0 Å². The molecule has 1 heterocycles. The highest BCUT2D eigenvalue weighted by molar-refractivity contribution is 5.96. The van der Waals surface area contributed by atoms with E-state index in [2.05, 4.69) is 42.7 Å². The summed E-state index contributed by atoms with van der Waals surface area (Å²) in [5.74, 6) is 0.321. The summed E-state index contributed by atoms with van der Waals surface area (Å²) >= 11 is 0. The van der Waals surface area contributed by atoms with Gasteiger partial charge >= 0.3 is 0 Å². The number of benzene rings is 2. The standard InChI is InChI=1S/C26H37N3O2/c1-6-27(7-2)26(31)24-15-10-9-14-23(24)25(21-12-11-13-22(30)16-21)29-18-19(4)28(8-3)17-20(29)5/h9-16,19-20,25,30H,6-8,17-18H2,1-5H3/t19-,20+,25-/m1/s1. The molecule has 3 rings (SSSR count). The molecule has 0 radical (unpaired) electrons. The average molecular weight is 424 g/mol. The monoisotopic (exact) mass is 423 g/mol. The first-order valence-electron chi connectivity index (χ1n) is 11.6. The molecule has 2 aromatic rings. The summed E-state index contributed by atoms with van der Waals surface area (Å²) in [7, 11) is 0. The van der Waals surface area contributed by atoms with Gasteiger partial charge in [0, 0.05) is 43.8 Å². The third kappa shape index (κ3) is 4.94. The quantitative estimate of drug-likeness (QED) is 0.718. The Hall–Kier alpha value is -2.37. The third-order valence-corrected chi connectivity index (χ3v) is 6.62. The summed E-state index contributed by atoms with van der Waals surface area (Å²) < 4.78 is 0. The number of nitrogens with zero attached hydrogens (tertiary/aromatic N) is 3. The molecule has 0 aliphatic carbocycles. The molecule has 0 bridgehead atoms. The van der Waals surface area contributed by atoms with E-state index in [0.29, 0.717) is 25.2 Å². The number of amides is 1. The fourth-order valence-corrected chi connectivity index (χ4v) is 4.88. The van der Waals surface area contributed by atoms with Gasteiger partial charge in [0.05, 0.1) is 6.04 Å². The van der Waals surface area contributed by atoms with E-state index in [1.807, 2.05) is 49.1 Å². The molecule has 1 fully saturated rings. The van der Waals surface area contributed by atoms with Gasteiger partial charge in [0.2, 0.25) is 0 Å². The molecule has 2 aromatic carbocycles. The molecule has 0 spiro atoms. The first kappa shape index (κ1) is 23.3. The van der Waals surface area contributed by atoms with Crippen molar-refractivity contribution in [2.45, 2.75) is 52.7 Å². The summed E-state index contributed by atoms with van der Waals surface area (Å²) in [5, 5.41) is 10.2. The van der Waals surface area contributed by atoms with Gasteiger partial charge in [-0.15, -0.1) is 0 Å². The molecule has 1 amide bonds. The molecule has 0 aromatic heterocycles. The Kier molecular flexibility index (Phi) is 7.74.